The van der Waals surface area contributed by atoms with E-state index in [1.165, 1.54) is 0 Å². The molecule has 0 radical (unpaired) electrons. The van der Waals surface area contributed by atoms with Crippen molar-refractivity contribution in [3.8, 4) is 5.75 Å². The van der Waals surface area contributed by atoms with Gasteiger partial charge in [-0.05, 0) is 36.8 Å². The van der Waals surface area contributed by atoms with Gasteiger partial charge in [-0.15, -0.1) is 0 Å². The highest BCUT2D eigenvalue weighted by Gasteiger charge is 2.37. The van der Waals surface area contributed by atoms with E-state index in [0.29, 0.717) is 24.9 Å². The summed E-state index contributed by atoms with van der Waals surface area (Å²) in [6.45, 7) is 0.966. The Hall–Kier alpha value is -2.27. The van der Waals surface area contributed by atoms with Crippen LogP contribution in [0.3, 0.4) is 0 Å². The predicted octanol–water partition coefficient (Wildman–Crippen LogP) is 3.91. The van der Waals surface area contributed by atoms with Crippen molar-refractivity contribution in [1.29, 1.82) is 0 Å². The van der Waals surface area contributed by atoms with Crippen LogP contribution in [0.2, 0.25) is 0 Å². The van der Waals surface area contributed by atoms with Crippen LogP contribution < -0.4 is 15.4 Å². The molecule has 2 atom stereocenters. The quantitative estimate of drug-likeness (QED) is 0.665. The third kappa shape index (κ3) is 3.36. The Morgan fingerprint density at radius 2 is 2.04 bits per heavy atom. The molecule has 0 spiro atoms. The second-order valence-electron chi connectivity index (χ2n) is 6.18. The lowest BCUT2D eigenvalue weighted by molar-refractivity contribution is 0.0952. The van der Waals surface area contributed by atoms with Gasteiger partial charge < -0.3 is 19.6 Å². The zero-order valence-corrected chi connectivity index (χ0v) is 15.4. The number of anilines is 1. The van der Waals surface area contributed by atoms with Gasteiger partial charge in [-0.25, -0.2) is 0 Å². The molecule has 4 rings (SSSR count). The van der Waals surface area contributed by atoms with Gasteiger partial charge in [-0.2, -0.15) is 0 Å². The van der Waals surface area contributed by atoms with Crippen LogP contribution in [0.25, 0.3) is 10.9 Å². The fraction of sp³-hybridized carbons (Fsp3) is 0.263. The van der Waals surface area contributed by atoms with E-state index >= 15 is 0 Å². The van der Waals surface area contributed by atoms with Gasteiger partial charge in [0, 0.05) is 29.3 Å². The van der Waals surface area contributed by atoms with Gasteiger partial charge in [0.2, 0.25) is 0 Å². The van der Waals surface area contributed by atoms with Gasteiger partial charge in [0.1, 0.15) is 5.75 Å². The molecule has 7 heteroatoms. The minimum absolute atomic E-state index is 0.189. The minimum atomic E-state index is -3.34. The largest absolute Gasteiger partial charge is 0.497 e. The van der Waals surface area contributed by atoms with Crippen LogP contribution in [0.5, 0.6) is 5.75 Å². The normalized spacial score (nSPS) is 23.0. The van der Waals surface area contributed by atoms with Crippen molar-refractivity contribution in [2.45, 2.75) is 12.5 Å². The first-order valence-corrected chi connectivity index (χ1v) is 10.1. The summed E-state index contributed by atoms with van der Waals surface area (Å²) in [5, 5.41) is 4.79. The molecule has 0 bridgehead atoms. The lowest BCUT2D eigenvalue weighted by Gasteiger charge is -2.30. The highest BCUT2D eigenvalue weighted by Crippen LogP contribution is 2.52. The second-order valence-corrected chi connectivity index (χ2v) is 8.12. The first-order chi connectivity index (χ1) is 12.7. The Balaban J connectivity index is 1.47. The molecule has 0 aliphatic carbocycles. The Morgan fingerprint density at radius 3 is 2.85 bits per heavy atom. The summed E-state index contributed by atoms with van der Waals surface area (Å²) >= 11 is 0. The maximum absolute atomic E-state index is 13.3. The van der Waals surface area contributed by atoms with E-state index in [1.54, 1.807) is 13.3 Å². The van der Waals surface area contributed by atoms with Crippen LogP contribution in [-0.2, 0) is 13.6 Å². The first kappa shape index (κ1) is 17.2. The number of hydrogen-bond acceptors (Lipinski definition) is 5. The number of rotatable bonds is 5. The Kier molecular flexibility index (Phi) is 4.72. The molecule has 1 aliphatic heterocycles. The van der Waals surface area contributed by atoms with E-state index < -0.39 is 7.60 Å². The fourth-order valence-corrected chi connectivity index (χ4v) is 5.02. The van der Waals surface area contributed by atoms with Crippen LogP contribution in [0.1, 0.15) is 6.42 Å². The summed E-state index contributed by atoms with van der Waals surface area (Å²) in [7, 11) is -1.71. The molecule has 0 amide bonds. The van der Waals surface area contributed by atoms with Gasteiger partial charge >= 0.3 is 7.60 Å². The summed E-state index contributed by atoms with van der Waals surface area (Å²) in [5.74, 6) is 0.807. The standard InChI is InChI=1S/C19H21N2O4P/c1-23-15-8-6-14(7-9-15)20-12-16-10-11-24-26(22,25-16)19-13-21-18-5-3-2-4-17(18)19/h2-9,13,16,20-21H,10-12H2,1H3. The molecule has 2 aromatic carbocycles. The average molecular weight is 372 g/mol. The maximum atomic E-state index is 13.3. The number of aromatic nitrogens is 1. The molecule has 0 saturated carbocycles. The molecule has 136 valence electrons. The Bertz CT molecular complexity index is 938. The van der Waals surface area contributed by atoms with Crippen molar-refractivity contribution in [1.82, 2.24) is 4.98 Å². The SMILES string of the molecule is COc1ccc(NCC2CCOP(=O)(c3c[nH]c4ccccc34)O2)cc1. The van der Waals surface area contributed by atoms with Crippen molar-refractivity contribution >= 4 is 29.5 Å². The molecule has 2 heterocycles. The zero-order chi connectivity index (χ0) is 18.0. The van der Waals surface area contributed by atoms with E-state index in [1.807, 2.05) is 48.5 Å². The molecule has 3 aromatic rings. The Morgan fingerprint density at radius 1 is 1.23 bits per heavy atom. The van der Waals surface area contributed by atoms with E-state index in [4.69, 9.17) is 13.8 Å². The number of nitrogens with one attached hydrogen (secondary N) is 2. The highest BCUT2D eigenvalue weighted by atomic mass is 31.2. The molecular weight excluding hydrogens is 351 g/mol. The maximum Gasteiger partial charge on any atom is 0.363 e. The molecule has 6 nitrogen and oxygen atoms in total. The number of H-pyrrole nitrogens is 1. The number of benzene rings is 2. The average Bonchev–Trinajstić information content (AvgIpc) is 3.12. The van der Waals surface area contributed by atoms with Crippen LogP contribution in [-0.4, -0.2) is 31.3 Å². The topological polar surface area (TPSA) is 72.6 Å². The summed E-state index contributed by atoms with van der Waals surface area (Å²) in [6.07, 6.45) is 2.23. The molecule has 2 unspecified atom stereocenters. The highest BCUT2D eigenvalue weighted by molar-refractivity contribution is 7.62. The van der Waals surface area contributed by atoms with Gasteiger partial charge in [-0.3, -0.25) is 9.09 Å². The lowest BCUT2D eigenvalue weighted by atomic mass is 10.2. The third-order valence-electron chi connectivity index (χ3n) is 4.48. The number of para-hydroxylation sites is 1. The molecule has 1 fully saturated rings. The van der Waals surface area contributed by atoms with Crippen LogP contribution >= 0.6 is 7.60 Å². The molecule has 26 heavy (non-hydrogen) atoms. The summed E-state index contributed by atoms with van der Waals surface area (Å²) in [6, 6.07) is 15.4. The molecule has 1 saturated heterocycles. The molecule has 2 N–H and O–H groups in total. The number of methoxy groups -OCH3 is 1. The van der Waals surface area contributed by atoms with E-state index in [-0.39, 0.29) is 6.10 Å². The Labute approximate surface area is 152 Å². The number of hydrogen-bond donors (Lipinski definition) is 2. The fourth-order valence-electron chi connectivity index (χ4n) is 3.07. The van der Waals surface area contributed by atoms with E-state index in [0.717, 1.165) is 22.3 Å². The lowest BCUT2D eigenvalue weighted by Crippen LogP contribution is -2.30. The molecular formula is C19H21N2O4P. The second kappa shape index (κ2) is 7.16. The number of fused-ring (bicyclic) bond motifs is 1. The van der Waals surface area contributed by atoms with Crippen molar-refractivity contribution in [3.63, 3.8) is 0 Å². The van der Waals surface area contributed by atoms with E-state index in [2.05, 4.69) is 10.3 Å². The zero-order valence-electron chi connectivity index (χ0n) is 14.5. The van der Waals surface area contributed by atoms with Crippen molar-refractivity contribution in [3.05, 3.63) is 54.7 Å². The number of aromatic amines is 1. The van der Waals surface area contributed by atoms with Gasteiger partial charge in [0.15, 0.2) is 0 Å². The van der Waals surface area contributed by atoms with Crippen molar-refractivity contribution in [2.24, 2.45) is 0 Å². The van der Waals surface area contributed by atoms with Gasteiger partial charge in [-0.1, -0.05) is 18.2 Å². The van der Waals surface area contributed by atoms with E-state index in [9.17, 15) is 4.57 Å². The predicted molar refractivity (Wildman–Crippen MR) is 102 cm³/mol. The summed E-state index contributed by atoms with van der Waals surface area (Å²) < 4.78 is 30.0. The monoisotopic (exact) mass is 372 g/mol. The third-order valence-corrected chi connectivity index (χ3v) is 6.53. The van der Waals surface area contributed by atoms with Gasteiger partial charge in [0.25, 0.3) is 0 Å². The summed E-state index contributed by atoms with van der Waals surface area (Å²) in [4.78, 5) is 3.13. The van der Waals surface area contributed by atoms with Crippen LogP contribution in [0.4, 0.5) is 5.69 Å². The first-order valence-electron chi connectivity index (χ1n) is 8.55. The minimum Gasteiger partial charge on any atom is -0.497 e. The smallest absolute Gasteiger partial charge is 0.363 e. The van der Waals surface area contributed by atoms with Crippen LogP contribution in [0, 0.1) is 0 Å². The van der Waals surface area contributed by atoms with Crippen LogP contribution in [0.15, 0.2) is 54.7 Å². The molecule has 1 aliphatic rings. The van der Waals surface area contributed by atoms with Crippen molar-refractivity contribution < 1.29 is 18.3 Å². The number of ether oxygens (including phenoxy) is 1. The summed E-state index contributed by atoms with van der Waals surface area (Å²) in [5.41, 5.74) is 1.88. The molecule has 1 aromatic heterocycles. The van der Waals surface area contributed by atoms with Gasteiger partial charge in [0.05, 0.1) is 25.1 Å². The van der Waals surface area contributed by atoms with Crippen molar-refractivity contribution in [2.75, 3.05) is 25.6 Å².